The molecule has 0 bridgehead atoms. The third-order valence-corrected chi connectivity index (χ3v) is 4.72. The van der Waals surface area contributed by atoms with Crippen LogP contribution in [0.15, 0.2) is 18.2 Å². The van der Waals surface area contributed by atoms with Crippen molar-refractivity contribution >= 4 is 0 Å². The van der Waals surface area contributed by atoms with E-state index in [-0.39, 0.29) is 0 Å². The summed E-state index contributed by atoms with van der Waals surface area (Å²) >= 11 is 0. The van der Waals surface area contributed by atoms with E-state index in [2.05, 4.69) is 31.3 Å². The Labute approximate surface area is 129 Å². The van der Waals surface area contributed by atoms with E-state index in [0.717, 1.165) is 29.9 Å². The lowest BCUT2D eigenvalue weighted by molar-refractivity contribution is 0.232. The van der Waals surface area contributed by atoms with Crippen molar-refractivity contribution in [2.75, 3.05) is 20.8 Å². The number of benzene rings is 1. The summed E-state index contributed by atoms with van der Waals surface area (Å²) in [7, 11) is 3.38. The first-order valence-corrected chi connectivity index (χ1v) is 8.14. The number of ether oxygens (including phenoxy) is 2. The molecular formula is C18H29NO2. The molecule has 1 saturated carbocycles. The third-order valence-electron chi connectivity index (χ3n) is 4.72. The van der Waals surface area contributed by atoms with Crippen LogP contribution in [0.5, 0.6) is 11.5 Å². The molecule has 3 nitrogen and oxygen atoms in total. The standard InChI is InChI=1S/C18H29NO2/c1-5-19-18(14-8-6-13(2)7-9-14)15-10-11-16(20-3)17(12-15)21-4/h10-14,18-19H,5-9H2,1-4H3. The first-order chi connectivity index (χ1) is 10.2. The fourth-order valence-electron chi connectivity index (χ4n) is 3.44. The summed E-state index contributed by atoms with van der Waals surface area (Å²) in [6, 6.07) is 6.74. The van der Waals surface area contributed by atoms with Gasteiger partial charge in [-0.1, -0.05) is 32.8 Å². The molecular weight excluding hydrogens is 262 g/mol. The second-order valence-corrected chi connectivity index (χ2v) is 6.17. The van der Waals surface area contributed by atoms with Crippen molar-refractivity contribution < 1.29 is 9.47 Å². The van der Waals surface area contributed by atoms with Gasteiger partial charge in [0, 0.05) is 6.04 Å². The van der Waals surface area contributed by atoms with E-state index < -0.39 is 0 Å². The molecule has 0 aromatic heterocycles. The molecule has 1 aromatic carbocycles. The minimum atomic E-state index is 0.419. The van der Waals surface area contributed by atoms with Crippen LogP contribution in [-0.2, 0) is 0 Å². The highest BCUT2D eigenvalue weighted by atomic mass is 16.5. The molecule has 1 aromatic rings. The zero-order valence-corrected chi connectivity index (χ0v) is 13.8. The van der Waals surface area contributed by atoms with E-state index in [1.165, 1.54) is 31.2 Å². The van der Waals surface area contributed by atoms with E-state index >= 15 is 0 Å². The van der Waals surface area contributed by atoms with Gasteiger partial charge in [-0.15, -0.1) is 0 Å². The normalized spacial score (nSPS) is 23.6. The molecule has 0 amide bonds. The average molecular weight is 291 g/mol. The Balaban J connectivity index is 2.21. The maximum atomic E-state index is 5.46. The van der Waals surface area contributed by atoms with Crippen LogP contribution in [0.2, 0.25) is 0 Å². The summed E-state index contributed by atoms with van der Waals surface area (Å²) in [5.41, 5.74) is 1.31. The SMILES string of the molecule is CCNC(c1ccc(OC)c(OC)c1)C1CCC(C)CC1. The van der Waals surface area contributed by atoms with Gasteiger partial charge in [-0.3, -0.25) is 0 Å². The molecule has 3 heteroatoms. The molecule has 0 heterocycles. The van der Waals surface area contributed by atoms with Crippen LogP contribution >= 0.6 is 0 Å². The van der Waals surface area contributed by atoms with Gasteiger partial charge in [0.15, 0.2) is 11.5 Å². The van der Waals surface area contributed by atoms with Crippen LogP contribution in [0.1, 0.15) is 51.1 Å². The molecule has 1 aliphatic carbocycles. The molecule has 0 saturated heterocycles. The molecule has 118 valence electrons. The Kier molecular flexibility index (Phi) is 5.92. The first kappa shape index (κ1) is 16.2. The average Bonchev–Trinajstić information content (AvgIpc) is 2.53. The Morgan fingerprint density at radius 2 is 1.76 bits per heavy atom. The van der Waals surface area contributed by atoms with Crippen molar-refractivity contribution in [1.82, 2.24) is 5.32 Å². The molecule has 0 aliphatic heterocycles. The van der Waals surface area contributed by atoms with Gasteiger partial charge >= 0.3 is 0 Å². The summed E-state index contributed by atoms with van der Waals surface area (Å²) in [5.74, 6) is 3.23. The van der Waals surface area contributed by atoms with Crippen LogP contribution in [0.4, 0.5) is 0 Å². The van der Waals surface area contributed by atoms with Gasteiger partial charge in [-0.2, -0.15) is 0 Å². The van der Waals surface area contributed by atoms with Gasteiger partial charge in [0.05, 0.1) is 14.2 Å². The Morgan fingerprint density at radius 1 is 1.10 bits per heavy atom. The number of hydrogen-bond acceptors (Lipinski definition) is 3. The monoisotopic (exact) mass is 291 g/mol. The molecule has 21 heavy (non-hydrogen) atoms. The lowest BCUT2D eigenvalue weighted by Crippen LogP contribution is -2.30. The topological polar surface area (TPSA) is 30.5 Å². The Bertz CT molecular complexity index is 439. The van der Waals surface area contributed by atoms with Gasteiger partial charge < -0.3 is 14.8 Å². The minimum absolute atomic E-state index is 0.419. The summed E-state index contributed by atoms with van der Waals surface area (Å²) in [6.45, 7) is 5.54. The van der Waals surface area contributed by atoms with Crippen molar-refractivity contribution in [3.63, 3.8) is 0 Å². The van der Waals surface area contributed by atoms with E-state index in [4.69, 9.17) is 9.47 Å². The van der Waals surface area contributed by atoms with Crippen LogP contribution in [-0.4, -0.2) is 20.8 Å². The summed E-state index contributed by atoms with van der Waals surface area (Å²) in [6.07, 6.45) is 5.32. The van der Waals surface area contributed by atoms with Crippen LogP contribution in [0.3, 0.4) is 0 Å². The van der Waals surface area contributed by atoms with Gasteiger partial charge in [0.2, 0.25) is 0 Å². The molecule has 0 radical (unpaired) electrons. The third kappa shape index (κ3) is 3.91. The maximum absolute atomic E-state index is 5.46. The highest BCUT2D eigenvalue weighted by Gasteiger charge is 2.27. The summed E-state index contributed by atoms with van der Waals surface area (Å²) in [5, 5.41) is 3.68. The second kappa shape index (κ2) is 7.69. The fourth-order valence-corrected chi connectivity index (χ4v) is 3.44. The van der Waals surface area contributed by atoms with Gasteiger partial charge in [-0.25, -0.2) is 0 Å². The van der Waals surface area contributed by atoms with E-state index in [9.17, 15) is 0 Å². The largest absolute Gasteiger partial charge is 0.493 e. The summed E-state index contributed by atoms with van der Waals surface area (Å²) in [4.78, 5) is 0. The molecule has 0 spiro atoms. The maximum Gasteiger partial charge on any atom is 0.161 e. The number of rotatable bonds is 6. The highest BCUT2D eigenvalue weighted by molar-refractivity contribution is 5.44. The smallest absolute Gasteiger partial charge is 0.161 e. The fraction of sp³-hybridized carbons (Fsp3) is 0.667. The second-order valence-electron chi connectivity index (χ2n) is 6.17. The lowest BCUT2D eigenvalue weighted by Gasteiger charge is -2.33. The molecule has 1 unspecified atom stereocenters. The first-order valence-electron chi connectivity index (χ1n) is 8.14. The predicted octanol–water partition coefficient (Wildman–Crippen LogP) is 4.18. The number of methoxy groups -OCH3 is 2. The number of hydrogen-bond donors (Lipinski definition) is 1. The zero-order chi connectivity index (χ0) is 15.2. The van der Waals surface area contributed by atoms with Crippen molar-refractivity contribution in [2.45, 2.75) is 45.6 Å². The van der Waals surface area contributed by atoms with Crippen LogP contribution < -0.4 is 14.8 Å². The van der Waals surface area contributed by atoms with Gasteiger partial charge in [0.25, 0.3) is 0 Å². The van der Waals surface area contributed by atoms with Crippen LogP contribution in [0.25, 0.3) is 0 Å². The minimum Gasteiger partial charge on any atom is -0.493 e. The Morgan fingerprint density at radius 3 is 2.33 bits per heavy atom. The van der Waals surface area contributed by atoms with Gasteiger partial charge in [-0.05, 0) is 48.9 Å². The predicted molar refractivity (Wildman–Crippen MR) is 87.1 cm³/mol. The summed E-state index contributed by atoms with van der Waals surface area (Å²) < 4.78 is 10.8. The quantitative estimate of drug-likeness (QED) is 0.853. The van der Waals surface area contributed by atoms with Crippen molar-refractivity contribution in [1.29, 1.82) is 0 Å². The highest BCUT2D eigenvalue weighted by Crippen LogP contribution is 2.39. The molecule has 1 N–H and O–H groups in total. The van der Waals surface area contributed by atoms with E-state index in [1.54, 1.807) is 14.2 Å². The number of nitrogens with one attached hydrogen (secondary N) is 1. The molecule has 1 atom stereocenters. The van der Waals surface area contributed by atoms with Crippen molar-refractivity contribution in [3.05, 3.63) is 23.8 Å². The van der Waals surface area contributed by atoms with Crippen molar-refractivity contribution in [2.24, 2.45) is 11.8 Å². The van der Waals surface area contributed by atoms with Crippen LogP contribution in [0, 0.1) is 11.8 Å². The van der Waals surface area contributed by atoms with Gasteiger partial charge in [0.1, 0.15) is 0 Å². The Hall–Kier alpha value is -1.22. The molecule has 1 aliphatic rings. The molecule has 1 fully saturated rings. The zero-order valence-electron chi connectivity index (χ0n) is 13.8. The van der Waals surface area contributed by atoms with E-state index in [0.29, 0.717) is 6.04 Å². The lowest BCUT2D eigenvalue weighted by atomic mass is 9.77. The van der Waals surface area contributed by atoms with Crippen molar-refractivity contribution in [3.8, 4) is 11.5 Å². The molecule has 2 rings (SSSR count). The van der Waals surface area contributed by atoms with E-state index in [1.807, 2.05) is 6.07 Å².